The number of benzene rings is 2. The van der Waals surface area contributed by atoms with Gasteiger partial charge in [0.25, 0.3) is 0 Å². The quantitative estimate of drug-likeness (QED) is 0.564. The van der Waals surface area contributed by atoms with Crippen LogP contribution in [-0.2, 0) is 10.8 Å². The highest BCUT2D eigenvalue weighted by molar-refractivity contribution is 5.69. The maximum Gasteiger partial charge on any atom is 0.133 e. The van der Waals surface area contributed by atoms with Gasteiger partial charge < -0.3 is 10.2 Å². The van der Waals surface area contributed by atoms with Crippen LogP contribution in [0, 0.1) is 0 Å². The molecule has 0 radical (unpaired) electrons. The van der Waals surface area contributed by atoms with E-state index in [2.05, 4.69) is 112 Å². The van der Waals surface area contributed by atoms with E-state index in [1.165, 1.54) is 28.2 Å². The van der Waals surface area contributed by atoms with E-state index < -0.39 is 0 Å². The Morgan fingerprint density at radius 2 is 1.74 bits per heavy atom. The van der Waals surface area contributed by atoms with Crippen molar-refractivity contribution >= 4 is 11.4 Å². The third kappa shape index (κ3) is 3.35. The van der Waals surface area contributed by atoms with Crippen LogP contribution in [0.2, 0.25) is 0 Å². The van der Waals surface area contributed by atoms with E-state index in [4.69, 9.17) is 0 Å². The maximum absolute atomic E-state index is 4.04. The molecule has 0 amide bonds. The number of likely N-dealkylation sites (N-methyl/N-ethyl adjacent to an activating group) is 1. The normalized spacial score (nSPS) is 19.0. The van der Waals surface area contributed by atoms with Crippen molar-refractivity contribution < 1.29 is 5.32 Å². The first-order valence-corrected chi connectivity index (χ1v) is 9.89. The fourth-order valence-corrected chi connectivity index (χ4v) is 4.62. The minimum Gasteiger partial charge on any atom is -0.347 e. The number of rotatable bonds is 6. The van der Waals surface area contributed by atoms with Gasteiger partial charge in [-0.25, -0.2) is 0 Å². The molecule has 0 spiro atoms. The molecule has 1 unspecified atom stereocenters. The van der Waals surface area contributed by atoms with Crippen molar-refractivity contribution in [2.24, 2.45) is 0 Å². The van der Waals surface area contributed by atoms with Crippen LogP contribution in [0.25, 0.3) is 0 Å². The minimum atomic E-state index is 0.0246. The number of fused-ring (bicyclic) bond motifs is 1. The molecular weight excluding hydrogens is 328 g/mol. The zero-order chi connectivity index (χ0) is 19.7. The van der Waals surface area contributed by atoms with Crippen LogP contribution in [0.4, 0.5) is 11.4 Å². The molecular formula is C25H33N2+. The van der Waals surface area contributed by atoms with Gasteiger partial charge in [0.2, 0.25) is 0 Å². The average molecular weight is 362 g/mol. The summed E-state index contributed by atoms with van der Waals surface area (Å²) in [5, 5.41) is 2.21. The van der Waals surface area contributed by atoms with Crippen LogP contribution in [0.15, 0.2) is 73.0 Å². The summed E-state index contributed by atoms with van der Waals surface area (Å²) in [5.41, 5.74) is 6.90. The van der Waals surface area contributed by atoms with Crippen molar-refractivity contribution in [1.82, 2.24) is 0 Å². The van der Waals surface area contributed by atoms with Crippen molar-refractivity contribution in [2.45, 2.75) is 44.4 Å². The smallest absolute Gasteiger partial charge is 0.133 e. The summed E-state index contributed by atoms with van der Waals surface area (Å²) < 4.78 is 0. The molecule has 0 saturated carbocycles. The molecule has 2 aromatic carbocycles. The first-order chi connectivity index (χ1) is 12.8. The van der Waals surface area contributed by atoms with Gasteiger partial charge >= 0.3 is 0 Å². The Kier molecular flexibility index (Phi) is 5.30. The molecule has 0 aromatic heterocycles. The first kappa shape index (κ1) is 19.4. The SMILES string of the molecule is C=CCC(C)(C/C=C1/N(C)c2ccccc2C1(C)C)c1ccccc1[NH2+]C. The third-order valence-electron chi connectivity index (χ3n) is 6.20. The van der Waals surface area contributed by atoms with E-state index in [1.54, 1.807) is 0 Å². The molecule has 2 N–H and O–H groups in total. The summed E-state index contributed by atoms with van der Waals surface area (Å²) in [6.07, 6.45) is 6.46. The van der Waals surface area contributed by atoms with Crippen molar-refractivity contribution in [3.05, 3.63) is 84.1 Å². The Morgan fingerprint density at radius 3 is 2.41 bits per heavy atom. The average Bonchev–Trinajstić information content (AvgIpc) is 2.86. The zero-order valence-corrected chi connectivity index (χ0v) is 17.4. The fourth-order valence-electron chi connectivity index (χ4n) is 4.62. The van der Waals surface area contributed by atoms with Crippen LogP contribution in [0.3, 0.4) is 0 Å². The summed E-state index contributed by atoms with van der Waals surface area (Å²) in [4.78, 5) is 2.36. The van der Waals surface area contributed by atoms with Crippen LogP contribution in [0.5, 0.6) is 0 Å². The van der Waals surface area contributed by atoms with Gasteiger partial charge in [0, 0.05) is 34.8 Å². The van der Waals surface area contributed by atoms with Gasteiger partial charge in [-0.05, 0) is 30.5 Å². The Hall–Kier alpha value is -2.32. The number of nitrogens with zero attached hydrogens (tertiary/aromatic N) is 1. The van der Waals surface area contributed by atoms with Crippen molar-refractivity contribution in [3.8, 4) is 0 Å². The molecule has 0 aliphatic carbocycles. The lowest BCUT2D eigenvalue weighted by Gasteiger charge is -2.31. The second kappa shape index (κ2) is 7.36. The molecule has 142 valence electrons. The van der Waals surface area contributed by atoms with Gasteiger partial charge in [-0.2, -0.15) is 0 Å². The molecule has 1 heterocycles. The van der Waals surface area contributed by atoms with Gasteiger partial charge in [0.15, 0.2) is 0 Å². The summed E-state index contributed by atoms with van der Waals surface area (Å²) in [5.74, 6) is 0. The lowest BCUT2D eigenvalue weighted by atomic mass is 9.74. The topological polar surface area (TPSA) is 19.9 Å². The molecule has 0 fully saturated rings. The molecule has 0 saturated heterocycles. The van der Waals surface area contributed by atoms with Crippen LogP contribution in [0.1, 0.15) is 44.7 Å². The highest BCUT2D eigenvalue weighted by atomic mass is 15.2. The number of hydrogen-bond acceptors (Lipinski definition) is 1. The molecule has 2 heteroatoms. The predicted molar refractivity (Wildman–Crippen MR) is 117 cm³/mol. The molecule has 2 nitrogen and oxygen atoms in total. The standard InChI is InChI=1S/C25H32N2/c1-7-17-25(4,19-12-8-10-14-21(19)26-5)18-16-23-24(2,3)20-13-9-11-15-22(20)27(23)6/h7-16,26H,1,17-18H2,2-6H3/p+1/b23-16+. The van der Waals surface area contributed by atoms with Gasteiger partial charge in [-0.1, -0.05) is 69.3 Å². The predicted octanol–water partition coefficient (Wildman–Crippen LogP) is 5.05. The van der Waals surface area contributed by atoms with Crippen molar-refractivity contribution in [3.63, 3.8) is 0 Å². The molecule has 0 bridgehead atoms. The number of allylic oxidation sites excluding steroid dienone is 3. The Labute approximate surface area is 164 Å². The van der Waals surface area contributed by atoms with E-state index in [0.29, 0.717) is 0 Å². The first-order valence-electron chi connectivity index (χ1n) is 9.89. The lowest BCUT2D eigenvalue weighted by Crippen LogP contribution is -2.73. The third-order valence-corrected chi connectivity index (χ3v) is 6.20. The number of hydrogen-bond donors (Lipinski definition) is 1. The largest absolute Gasteiger partial charge is 0.347 e. The molecule has 2 aromatic rings. The Morgan fingerprint density at radius 1 is 1.07 bits per heavy atom. The zero-order valence-electron chi connectivity index (χ0n) is 17.4. The molecule has 1 aliphatic heterocycles. The van der Waals surface area contributed by atoms with Gasteiger partial charge in [0.05, 0.1) is 7.05 Å². The monoisotopic (exact) mass is 361 g/mol. The van der Waals surface area contributed by atoms with Gasteiger partial charge in [-0.15, -0.1) is 6.58 Å². The van der Waals surface area contributed by atoms with Crippen LogP contribution >= 0.6 is 0 Å². The minimum absolute atomic E-state index is 0.0246. The highest BCUT2D eigenvalue weighted by Gasteiger charge is 2.39. The number of para-hydroxylation sites is 2. The molecule has 1 aliphatic rings. The fraction of sp³-hybridized carbons (Fsp3) is 0.360. The van der Waals surface area contributed by atoms with Gasteiger partial charge in [0.1, 0.15) is 5.69 Å². The maximum atomic E-state index is 4.04. The molecule has 3 rings (SSSR count). The Bertz CT molecular complexity index is 862. The van der Waals surface area contributed by atoms with E-state index in [1.807, 2.05) is 0 Å². The summed E-state index contributed by atoms with van der Waals surface area (Å²) in [6.45, 7) is 11.1. The second-order valence-corrected chi connectivity index (χ2v) is 8.42. The highest BCUT2D eigenvalue weighted by Crippen LogP contribution is 2.47. The van der Waals surface area contributed by atoms with E-state index >= 15 is 0 Å². The van der Waals surface area contributed by atoms with E-state index in [-0.39, 0.29) is 10.8 Å². The van der Waals surface area contributed by atoms with E-state index in [9.17, 15) is 0 Å². The lowest BCUT2D eigenvalue weighted by molar-refractivity contribution is -0.540. The van der Waals surface area contributed by atoms with Gasteiger partial charge in [-0.3, -0.25) is 0 Å². The summed E-state index contributed by atoms with van der Waals surface area (Å²) in [6, 6.07) is 17.5. The molecule has 27 heavy (non-hydrogen) atoms. The van der Waals surface area contributed by atoms with Crippen LogP contribution < -0.4 is 10.2 Å². The summed E-state index contributed by atoms with van der Waals surface area (Å²) in [7, 11) is 4.31. The number of quaternary nitrogens is 1. The van der Waals surface area contributed by atoms with E-state index in [0.717, 1.165) is 12.8 Å². The Balaban J connectivity index is 2.00. The summed E-state index contributed by atoms with van der Waals surface area (Å²) >= 11 is 0. The second-order valence-electron chi connectivity index (χ2n) is 8.42. The van der Waals surface area contributed by atoms with Crippen molar-refractivity contribution in [1.29, 1.82) is 0 Å². The molecule has 1 atom stereocenters. The number of nitrogens with two attached hydrogens (primary N) is 1. The van der Waals surface area contributed by atoms with Crippen LogP contribution in [-0.4, -0.2) is 14.1 Å². The number of anilines is 1. The van der Waals surface area contributed by atoms with Crippen molar-refractivity contribution in [2.75, 3.05) is 19.0 Å².